The molecule has 0 bridgehead atoms. The van der Waals surface area contributed by atoms with Crippen molar-refractivity contribution in [2.24, 2.45) is 5.16 Å². The van der Waals surface area contributed by atoms with E-state index in [4.69, 9.17) is 0 Å². The molecule has 1 aromatic heterocycles. The molecule has 1 heterocycles. The number of hydrogen-bond acceptors (Lipinski definition) is 4. The van der Waals surface area contributed by atoms with Crippen molar-refractivity contribution in [3.8, 4) is 0 Å². The smallest absolute Gasteiger partial charge is 0.313 e. The van der Waals surface area contributed by atoms with Crippen molar-refractivity contribution in [1.82, 2.24) is 4.98 Å². The summed E-state index contributed by atoms with van der Waals surface area (Å²) in [6.45, 7) is 1.59. The fourth-order valence-corrected chi connectivity index (χ4v) is 1.61. The molecular formula is C15H11F3N2O2. The van der Waals surface area contributed by atoms with Crippen molar-refractivity contribution in [3.05, 3.63) is 65.5 Å². The molecule has 2 aromatic rings. The lowest BCUT2D eigenvalue weighted by molar-refractivity contribution is -0.137. The number of benzene rings is 1. The van der Waals surface area contributed by atoms with Gasteiger partial charge >= 0.3 is 12.1 Å². The summed E-state index contributed by atoms with van der Waals surface area (Å²) < 4.78 is 37.7. The maximum Gasteiger partial charge on any atom is 0.416 e. The fourth-order valence-electron chi connectivity index (χ4n) is 1.61. The van der Waals surface area contributed by atoms with Gasteiger partial charge in [-0.05, 0) is 37.3 Å². The van der Waals surface area contributed by atoms with E-state index in [1.54, 1.807) is 25.3 Å². The molecule has 1 aromatic carbocycles. The third-order valence-electron chi connectivity index (χ3n) is 2.77. The van der Waals surface area contributed by atoms with Gasteiger partial charge in [-0.1, -0.05) is 11.2 Å². The molecule has 0 N–H and O–H groups in total. The van der Waals surface area contributed by atoms with E-state index in [-0.39, 0.29) is 5.56 Å². The molecule has 0 aliphatic heterocycles. The van der Waals surface area contributed by atoms with Crippen LogP contribution < -0.4 is 0 Å². The van der Waals surface area contributed by atoms with E-state index in [0.717, 1.165) is 18.2 Å². The van der Waals surface area contributed by atoms with Gasteiger partial charge in [-0.15, -0.1) is 0 Å². The summed E-state index contributed by atoms with van der Waals surface area (Å²) in [5.41, 5.74) is -0.125. The Balaban J connectivity index is 2.13. The van der Waals surface area contributed by atoms with Gasteiger partial charge in [-0.2, -0.15) is 13.2 Å². The highest BCUT2D eigenvalue weighted by atomic mass is 19.4. The van der Waals surface area contributed by atoms with Crippen molar-refractivity contribution in [1.29, 1.82) is 0 Å². The molecule has 0 spiro atoms. The third kappa shape index (κ3) is 3.91. The number of carbonyl (C=O) groups excluding carboxylic acids is 1. The molecule has 114 valence electrons. The van der Waals surface area contributed by atoms with E-state index in [2.05, 4.69) is 15.0 Å². The standard InChI is InChI=1S/C15H11F3N2O2/c1-10(12-5-3-7-19-9-12)20-22-14(21)11-4-2-6-13(8-11)15(16,17)18/h2-9H,1H3. The van der Waals surface area contributed by atoms with Crippen LogP contribution in [-0.4, -0.2) is 16.7 Å². The number of aromatic nitrogens is 1. The Labute approximate surface area is 124 Å². The Bertz CT molecular complexity index is 697. The highest BCUT2D eigenvalue weighted by Gasteiger charge is 2.31. The maximum absolute atomic E-state index is 12.6. The van der Waals surface area contributed by atoms with Crippen LogP contribution in [0.5, 0.6) is 0 Å². The minimum absolute atomic E-state index is 0.224. The molecule has 0 radical (unpaired) electrons. The monoisotopic (exact) mass is 308 g/mol. The number of hydrogen-bond donors (Lipinski definition) is 0. The third-order valence-corrected chi connectivity index (χ3v) is 2.77. The molecule has 4 nitrogen and oxygen atoms in total. The van der Waals surface area contributed by atoms with Crippen LogP contribution in [0.15, 0.2) is 53.9 Å². The molecule has 0 aliphatic rings. The lowest BCUT2D eigenvalue weighted by Gasteiger charge is -2.07. The van der Waals surface area contributed by atoms with Crippen molar-refractivity contribution in [3.63, 3.8) is 0 Å². The topological polar surface area (TPSA) is 51.5 Å². The quantitative estimate of drug-likeness (QED) is 0.494. The lowest BCUT2D eigenvalue weighted by atomic mass is 10.1. The van der Waals surface area contributed by atoms with E-state index in [1.807, 2.05) is 0 Å². The van der Waals surface area contributed by atoms with Crippen LogP contribution in [0.1, 0.15) is 28.4 Å². The van der Waals surface area contributed by atoms with Crippen molar-refractivity contribution in [2.75, 3.05) is 0 Å². The molecule has 0 saturated heterocycles. The molecule has 0 saturated carbocycles. The van der Waals surface area contributed by atoms with Crippen LogP contribution in [0.2, 0.25) is 0 Å². The zero-order valence-corrected chi connectivity index (χ0v) is 11.5. The first-order valence-corrected chi connectivity index (χ1v) is 6.21. The van der Waals surface area contributed by atoms with E-state index >= 15 is 0 Å². The highest BCUT2D eigenvalue weighted by Crippen LogP contribution is 2.29. The van der Waals surface area contributed by atoms with Gasteiger partial charge in [-0.25, -0.2) is 4.79 Å². The van der Waals surface area contributed by atoms with Gasteiger partial charge in [0.25, 0.3) is 0 Å². The molecule has 7 heteroatoms. The molecule has 0 amide bonds. The number of alkyl halides is 3. The molecular weight excluding hydrogens is 297 g/mol. The Kier molecular flexibility index (Phi) is 4.55. The normalized spacial score (nSPS) is 12.1. The largest absolute Gasteiger partial charge is 0.416 e. The number of oxime groups is 1. The lowest BCUT2D eigenvalue weighted by Crippen LogP contribution is -2.08. The summed E-state index contributed by atoms with van der Waals surface area (Å²) in [5, 5.41) is 3.61. The van der Waals surface area contributed by atoms with Gasteiger partial charge in [0.05, 0.1) is 16.8 Å². The highest BCUT2D eigenvalue weighted by molar-refractivity contribution is 5.99. The number of pyridine rings is 1. The molecule has 22 heavy (non-hydrogen) atoms. The van der Waals surface area contributed by atoms with Crippen LogP contribution in [0.3, 0.4) is 0 Å². The molecule has 0 atom stereocenters. The minimum atomic E-state index is -4.52. The van der Waals surface area contributed by atoms with Gasteiger partial charge in [-0.3, -0.25) is 4.98 Å². The van der Waals surface area contributed by atoms with E-state index in [1.165, 1.54) is 12.3 Å². The Morgan fingerprint density at radius 3 is 2.55 bits per heavy atom. The number of carbonyl (C=O) groups is 1. The van der Waals surface area contributed by atoms with Crippen LogP contribution in [0, 0.1) is 0 Å². The molecule has 0 aliphatic carbocycles. The maximum atomic E-state index is 12.6. The van der Waals surface area contributed by atoms with Gasteiger partial charge in [0, 0.05) is 18.0 Å². The Morgan fingerprint density at radius 2 is 1.91 bits per heavy atom. The minimum Gasteiger partial charge on any atom is -0.313 e. The van der Waals surface area contributed by atoms with E-state index in [0.29, 0.717) is 11.3 Å². The van der Waals surface area contributed by atoms with Crippen LogP contribution in [-0.2, 0) is 11.0 Å². The second-order valence-electron chi connectivity index (χ2n) is 4.38. The van der Waals surface area contributed by atoms with Crippen molar-refractivity contribution in [2.45, 2.75) is 13.1 Å². The first kappa shape index (κ1) is 15.7. The summed E-state index contributed by atoms with van der Waals surface area (Å²) in [6.07, 6.45) is -1.42. The predicted molar refractivity (Wildman–Crippen MR) is 73.3 cm³/mol. The number of halogens is 3. The van der Waals surface area contributed by atoms with Crippen molar-refractivity contribution >= 4 is 11.7 Å². The second-order valence-corrected chi connectivity index (χ2v) is 4.38. The SMILES string of the molecule is CC(=NOC(=O)c1cccc(C(F)(F)F)c1)c1cccnc1. The average molecular weight is 308 g/mol. The summed E-state index contributed by atoms with van der Waals surface area (Å²) in [4.78, 5) is 20.3. The van der Waals surface area contributed by atoms with Crippen LogP contribution >= 0.6 is 0 Å². The molecule has 2 rings (SSSR count). The van der Waals surface area contributed by atoms with Gasteiger partial charge < -0.3 is 4.84 Å². The summed E-state index contributed by atoms with van der Waals surface area (Å²) >= 11 is 0. The number of rotatable bonds is 3. The second kappa shape index (κ2) is 6.38. The molecule has 0 unspecified atom stereocenters. The molecule has 0 fully saturated rings. The van der Waals surface area contributed by atoms with Crippen LogP contribution in [0.25, 0.3) is 0 Å². The summed E-state index contributed by atoms with van der Waals surface area (Å²) in [7, 11) is 0. The van der Waals surface area contributed by atoms with Crippen molar-refractivity contribution < 1.29 is 22.8 Å². The summed E-state index contributed by atoms with van der Waals surface area (Å²) in [6, 6.07) is 7.36. The first-order valence-electron chi connectivity index (χ1n) is 6.21. The fraction of sp³-hybridized carbons (Fsp3) is 0.133. The van der Waals surface area contributed by atoms with Gasteiger partial charge in [0.1, 0.15) is 0 Å². The average Bonchev–Trinajstić information content (AvgIpc) is 2.52. The van der Waals surface area contributed by atoms with E-state index < -0.39 is 17.7 Å². The van der Waals surface area contributed by atoms with Gasteiger partial charge in [0.2, 0.25) is 0 Å². The predicted octanol–water partition coefficient (Wildman–Crippen LogP) is 3.68. The number of nitrogens with zero attached hydrogens (tertiary/aromatic N) is 2. The first-order chi connectivity index (χ1) is 10.4. The van der Waals surface area contributed by atoms with E-state index in [9.17, 15) is 18.0 Å². The Hall–Kier alpha value is -2.70. The Morgan fingerprint density at radius 1 is 1.18 bits per heavy atom. The van der Waals surface area contributed by atoms with Gasteiger partial charge in [0.15, 0.2) is 0 Å². The zero-order chi connectivity index (χ0) is 16.2. The summed E-state index contributed by atoms with van der Waals surface area (Å²) in [5.74, 6) is -0.964. The zero-order valence-electron chi connectivity index (χ0n) is 11.5. The van der Waals surface area contributed by atoms with Crippen LogP contribution in [0.4, 0.5) is 13.2 Å².